The molecular weight excluding hydrogens is 334 g/mol. The molecule has 0 radical (unpaired) electrons. The van der Waals surface area contributed by atoms with Crippen LogP contribution in [-0.4, -0.2) is 43.6 Å². The number of carbonyl (C=O) groups excluding carboxylic acids is 1. The number of piperidine rings is 1. The molecular formula is C18H23N5O3. The number of aromatic nitrogens is 4. The number of amides is 1. The molecule has 1 N–H and O–H groups in total. The van der Waals surface area contributed by atoms with Crippen molar-refractivity contribution in [3.05, 3.63) is 55.6 Å². The fourth-order valence-corrected chi connectivity index (χ4v) is 3.27. The van der Waals surface area contributed by atoms with E-state index in [0.717, 1.165) is 24.1 Å². The fourth-order valence-electron chi connectivity index (χ4n) is 3.27. The van der Waals surface area contributed by atoms with Gasteiger partial charge in [-0.2, -0.15) is 5.10 Å². The highest BCUT2D eigenvalue weighted by Crippen LogP contribution is 2.25. The van der Waals surface area contributed by atoms with Crippen molar-refractivity contribution in [2.45, 2.75) is 46.1 Å². The molecule has 1 atom stereocenters. The normalized spacial score (nSPS) is 17.3. The quantitative estimate of drug-likeness (QED) is 0.869. The Balaban J connectivity index is 1.75. The summed E-state index contributed by atoms with van der Waals surface area (Å²) in [7, 11) is 0. The minimum Gasteiger partial charge on any atom is -0.340 e. The van der Waals surface area contributed by atoms with Crippen LogP contribution < -0.4 is 11.1 Å². The van der Waals surface area contributed by atoms with Crippen molar-refractivity contribution in [1.29, 1.82) is 0 Å². The van der Waals surface area contributed by atoms with Crippen LogP contribution in [0.25, 0.3) is 0 Å². The summed E-state index contributed by atoms with van der Waals surface area (Å²) in [5, 5.41) is 4.21. The van der Waals surface area contributed by atoms with Gasteiger partial charge in [0.1, 0.15) is 12.4 Å². The van der Waals surface area contributed by atoms with Crippen molar-refractivity contribution in [3.63, 3.8) is 0 Å². The number of aromatic amines is 1. The Morgan fingerprint density at radius 2 is 2.04 bits per heavy atom. The Kier molecular flexibility index (Phi) is 5.01. The van der Waals surface area contributed by atoms with E-state index in [1.54, 1.807) is 11.8 Å². The SMILES string of the molecule is Cc1nc([C@H]2CCCN(C(=O)Cn3nc(C)c(C)cc3=O)C2)cc(=O)[nH]1. The second kappa shape index (κ2) is 7.23. The number of hydrogen-bond acceptors (Lipinski definition) is 5. The van der Waals surface area contributed by atoms with Crippen molar-refractivity contribution in [3.8, 4) is 0 Å². The van der Waals surface area contributed by atoms with Gasteiger partial charge < -0.3 is 9.88 Å². The number of nitrogens with one attached hydrogen (secondary N) is 1. The van der Waals surface area contributed by atoms with Gasteiger partial charge in [-0.25, -0.2) is 9.67 Å². The number of aryl methyl sites for hydroxylation is 3. The zero-order chi connectivity index (χ0) is 18.8. The fraction of sp³-hybridized carbons (Fsp3) is 0.500. The maximum Gasteiger partial charge on any atom is 0.267 e. The van der Waals surface area contributed by atoms with Crippen LogP contribution in [0.15, 0.2) is 21.7 Å². The zero-order valence-corrected chi connectivity index (χ0v) is 15.3. The Hall–Kier alpha value is -2.77. The van der Waals surface area contributed by atoms with E-state index in [1.807, 2.05) is 13.8 Å². The molecule has 0 aliphatic carbocycles. The molecule has 26 heavy (non-hydrogen) atoms. The molecule has 0 unspecified atom stereocenters. The molecule has 1 aliphatic heterocycles. The summed E-state index contributed by atoms with van der Waals surface area (Å²) in [4.78, 5) is 45.2. The Morgan fingerprint density at radius 1 is 1.27 bits per heavy atom. The predicted molar refractivity (Wildman–Crippen MR) is 96.1 cm³/mol. The van der Waals surface area contributed by atoms with Crippen LogP contribution >= 0.6 is 0 Å². The van der Waals surface area contributed by atoms with E-state index in [1.165, 1.54) is 16.8 Å². The van der Waals surface area contributed by atoms with Gasteiger partial charge in [0, 0.05) is 31.1 Å². The van der Waals surface area contributed by atoms with Crippen LogP contribution in [0.4, 0.5) is 0 Å². The first-order chi connectivity index (χ1) is 12.3. The molecule has 1 aliphatic rings. The first kappa shape index (κ1) is 18.0. The molecule has 0 aromatic carbocycles. The predicted octanol–water partition coefficient (Wildman–Crippen LogP) is 0.658. The topological polar surface area (TPSA) is 101 Å². The molecule has 8 heteroatoms. The third-order valence-corrected chi connectivity index (χ3v) is 4.79. The minimum absolute atomic E-state index is 0.0261. The highest BCUT2D eigenvalue weighted by Gasteiger charge is 2.26. The second-order valence-electron chi connectivity index (χ2n) is 6.84. The zero-order valence-electron chi connectivity index (χ0n) is 15.3. The van der Waals surface area contributed by atoms with Gasteiger partial charge >= 0.3 is 0 Å². The lowest BCUT2D eigenvalue weighted by Gasteiger charge is -2.32. The van der Waals surface area contributed by atoms with Gasteiger partial charge in [0.05, 0.1) is 11.4 Å². The standard InChI is InChI=1S/C18H23N5O3/c1-11-7-17(25)23(21-12(11)2)10-18(26)22-6-4-5-14(9-22)15-8-16(24)20-13(3)19-15/h7-8,14H,4-6,9-10H2,1-3H3,(H,19,20,24)/t14-/m0/s1. The van der Waals surface area contributed by atoms with Crippen molar-refractivity contribution in [1.82, 2.24) is 24.6 Å². The third-order valence-electron chi connectivity index (χ3n) is 4.79. The second-order valence-corrected chi connectivity index (χ2v) is 6.84. The van der Waals surface area contributed by atoms with Gasteiger partial charge in [-0.1, -0.05) is 0 Å². The summed E-state index contributed by atoms with van der Waals surface area (Å²) in [6, 6.07) is 3.00. The van der Waals surface area contributed by atoms with Gasteiger partial charge in [0.15, 0.2) is 0 Å². The molecule has 1 fully saturated rings. The highest BCUT2D eigenvalue weighted by molar-refractivity contribution is 5.76. The Bertz CT molecular complexity index is 947. The molecule has 8 nitrogen and oxygen atoms in total. The van der Waals surface area contributed by atoms with Crippen LogP contribution in [-0.2, 0) is 11.3 Å². The van der Waals surface area contributed by atoms with Gasteiger partial charge in [0.2, 0.25) is 5.91 Å². The number of rotatable bonds is 3. The van der Waals surface area contributed by atoms with E-state index in [0.29, 0.717) is 24.6 Å². The largest absolute Gasteiger partial charge is 0.340 e. The van der Waals surface area contributed by atoms with Gasteiger partial charge in [-0.3, -0.25) is 14.4 Å². The molecule has 138 valence electrons. The number of H-pyrrole nitrogens is 1. The molecule has 1 saturated heterocycles. The van der Waals surface area contributed by atoms with Crippen molar-refractivity contribution < 1.29 is 4.79 Å². The van der Waals surface area contributed by atoms with E-state index in [9.17, 15) is 14.4 Å². The maximum absolute atomic E-state index is 12.7. The Morgan fingerprint density at radius 3 is 2.77 bits per heavy atom. The lowest BCUT2D eigenvalue weighted by Crippen LogP contribution is -2.43. The molecule has 2 aromatic heterocycles. The monoisotopic (exact) mass is 357 g/mol. The number of likely N-dealkylation sites (tertiary alicyclic amines) is 1. The number of nitrogens with zero attached hydrogens (tertiary/aromatic N) is 4. The Labute approximate surface area is 150 Å². The first-order valence-corrected chi connectivity index (χ1v) is 8.74. The summed E-state index contributed by atoms with van der Waals surface area (Å²) in [5.74, 6) is 0.453. The van der Waals surface area contributed by atoms with Crippen LogP contribution in [0.3, 0.4) is 0 Å². The van der Waals surface area contributed by atoms with Crippen LogP contribution in [0.1, 0.15) is 41.5 Å². The summed E-state index contributed by atoms with van der Waals surface area (Å²) in [6.07, 6.45) is 1.71. The number of carbonyl (C=O) groups is 1. The molecule has 3 heterocycles. The molecule has 3 rings (SSSR count). The van der Waals surface area contributed by atoms with Crippen LogP contribution in [0, 0.1) is 20.8 Å². The molecule has 0 spiro atoms. The van der Waals surface area contributed by atoms with E-state index >= 15 is 0 Å². The number of hydrogen-bond donors (Lipinski definition) is 1. The maximum atomic E-state index is 12.7. The van der Waals surface area contributed by atoms with Gasteiger partial charge in [-0.15, -0.1) is 0 Å². The van der Waals surface area contributed by atoms with Crippen LogP contribution in [0.5, 0.6) is 0 Å². The molecule has 0 bridgehead atoms. The minimum atomic E-state index is -0.276. The van der Waals surface area contributed by atoms with Crippen molar-refractivity contribution in [2.75, 3.05) is 13.1 Å². The van der Waals surface area contributed by atoms with E-state index in [-0.39, 0.29) is 29.5 Å². The lowest BCUT2D eigenvalue weighted by atomic mass is 9.94. The summed E-state index contributed by atoms with van der Waals surface area (Å²) < 4.78 is 1.21. The van der Waals surface area contributed by atoms with Crippen LogP contribution in [0.2, 0.25) is 0 Å². The average Bonchev–Trinajstić information content (AvgIpc) is 2.59. The molecule has 1 amide bonds. The third kappa shape index (κ3) is 3.89. The summed E-state index contributed by atoms with van der Waals surface area (Å²) >= 11 is 0. The first-order valence-electron chi connectivity index (χ1n) is 8.74. The summed E-state index contributed by atoms with van der Waals surface area (Å²) in [5.41, 5.74) is 1.80. The van der Waals surface area contributed by atoms with Crippen molar-refractivity contribution >= 4 is 5.91 Å². The van der Waals surface area contributed by atoms with E-state index in [4.69, 9.17) is 0 Å². The lowest BCUT2D eigenvalue weighted by molar-refractivity contribution is -0.133. The highest BCUT2D eigenvalue weighted by atomic mass is 16.2. The van der Waals surface area contributed by atoms with E-state index < -0.39 is 0 Å². The molecule has 0 saturated carbocycles. The smallest absolute Gasteiger partial charge is 0.267 e. The molecule has 2 aromatic rings. The van der Waals surface area contributed by atoms with Crippen molar-refractivity contribution in [2.24, 2.45) is 0 Å². The average molecular weight is 357 g/mol. The van der Waals surface area contributed by atoms with Gasteiger partial charge in [0.25, 0.3) is 11.1 Å². The van der Waals surface area contributed by atoms with Gasteiger partial charge in [-0.05, 0) is 39.2 Å². The summed E-state index contributed by atoms with van der Waals surface area (Å²) in [6.45, 7) is 6.43. The van der Waals surface area contributed by atoms with E-state index in [2.05, 4.69) is 15.1 Å².